The first-order valence-electron chi connectivity index (χ1n) is 10.3. The van der Waals surface area contributed by atoms with Crippen molar-refractivity contribution in [3.8, 4) is 5.75 Å². The number of amides is 1. The minimum absolute atomic E-state index is 0.0436. The van der Waals surface area contributed by atoms with E-state index in [4.69, 9.17) is 32.1 Å². The maximum atomic E-state index is 13.1. The fourth-order valence-electron chi connectivity index (χ4n) is 3.21. The number of methoxy groups -OCH3 is 1. The van der Waals surface area contributed by atoms with Crippen LogP contribution in [0.3, 0.4) is 0 Å². The maximum Gasteiger partial charge on any atom is 0.416 e. The molecule has 0 heterocycles. The van der Waals surface area contributed by atoms with Gasteiger partial charge < -0.3 is 13.8 Å². The van der Waals surface area contributed by atoms with Gasteiger partial charge in [-0.3, -0.25) is 4.79 Å². The van der Waals surface area contributed by atoms with E-state index in [-0.39, 0.29) is 36.0 Å². The predicted octanol–water partition coefficient (Wildman–Crippen LogP) is 6.07. The zero-order valence-corrected chi connectivity index (χ0v) is 21.1. The minimum atomic E-state index is -4.71. The van der Waals surface area contributed by atoms with Crippen LogP contribution < -0.4 is 4.18 Å². The van der Waals surface area contributed by atoms with E-state index in [2.05, 4.69) is 0 Å². The highest BCUT2D eigenvalue weighted by Crippen LogP contribution is 2.31. The molecule has 0 aliphatic heterocycles. The number of rotatable bonds is 9. The molecule has 0 spiro atoms. The van der Waals surface area contributed by atoms with Gasteiger partial charge in [0.25, 0.3) is 5.91 Å². The summed E-state index contributed by atoms with van der Waals surface area (Å²) < 4.78 is 74.4. The van der Waals surface area contributed by atoms with Crippen LogP contribution in [0.4, 0.5) is 13.2 Å². The van der Waals surface area contributed by atoms with Gasteiger partial charge in [0.05, 0.1) is 22.8 Å². The first-order valence-corrected chi connectivity index (χ1v) is 12.5. The van der Waals surface area contributed by atoms with E-state index >= 15 is 0 Å². The zero-order chi connectivity index (χ0) is 26.5. The van der Waals surface area contributed by atoms with Gasteiger partial charge >= 0.3 is 16.3 Å². The van der Waals surface area contributed by atoms with Crippen molar-refractivity contribution in [1.82, 2.24) is 4.90 Å². The molecular weight excluding hydrogens is 542 g/mol. The van der Waals surface area contributed by atoms with Crippen molar-refractivity contribution >= 4 is 39.2 Å². The van der Waals surface area contributed by atoms with Crippen molar-refractivity contribution in [3.63, 3.8) is 0 Å². The van der Waals surface area contributed by atoms with Crippen molar-refractivity contribution in [2.75, 3.05) is 20.3 Å². The summed E-state index contributed by atoms with van der Waals surface area (Å²) in [5.41, 5.74) is -0.396. The van der Waals surface area contributed by atoms with E-state index in [1.165, 1.54) is 48.4 Å². The molecule has 0 aliphatic rings. The second kappa shape index (κ2) is 11.5. The van der Waals surface area contributed by atoms with Gasteiger partial charge in [0.15, 0.2) is 0 Å². The lowest BCUT2D eigenvalue weighted by molar-refractivity contribution is -0.137. The van der Waals surface area contributed by atoms with Gasteiger partial charge in [-0.15, -0.1) is 0 Å². The smallest absolute Gasteiger partial charge is 0.383 e. The second-order valence-electron chi connectivity index (χ2n) is 7.55. The number of hydrogen-bond acceptors (Lipinski definition) is 5. The summed E-state index contributed by atoms with van der Waals surface area (Å²) >= 11 is 12.1. The van der Waals surface area contributed by atoms with E-state index in [0.717, 1.165) is 18.2 Å². The number of ether oxygens (including phenoxy) is 1. The molecule has 192 valence electrons. The molecule has 3 aromatic carbocycles. The Bertz CT molecular complexity index is 1350. The van der Waals surface area contributed by atoms with Crippen LogP contribution in [0, 0.1) is 0 Å². The molecule has 0 radical (unpaired) electrons. The van der Waals surface area contributed by atoms with E-state index in [1.54, 1.807) is 6.07 Å². The molecule has 0 aromatic heterocycles. The topological polar surface area (TPSA) is 72.9 Å². The summed E-state index contributed by atoms with van der Waals surface area (Å²) in [6.07, 6.45) is -4.71. The number of alkyl halides is 3. The maximum absolute atomic E-state index is 13.1. The van der Waals surface area contributed by atoms with Crippen LogP contribution in [0.2, 0.25) is 10.0 Å². The highest BCUT2D eigenvalue weighted by molar-refractivity contribution is 7.87. The fourth-order valence-corrected chi connectivity index (χ4v) is 4.67. The fraction of sp³-hybridized carbons (Fsp3) is 0.208. The van der Waals surface area contributed by atoms with Crippen LogP contribution in [0.15, 0.2) is 71.6 Å². The first kappa shape index (κ1) is 27.8. The molecule has 0 N–H and O–H groups in total. The number of benzene rings is 3. The number of halogens is 5. The summed E-state index contributed by atoms with van der Waals surface area (Å²) in [7, 11) is -3.08. The van der Waals surface area contributed by atoms with Crippen molar-refractivity contribution in [2.45, 2.75) is 17.6 Å². The molecule has 0 unspecified atom stereocenters. The standard InChI is InChI=1S/C24H20Cl2F3NO5S/c1-34-11-10-30(23(31)21-9-8-18(25)14-22(21)26)15-16-4-2-6-19(12-16)35-36(32,33)20-7-3-5-17(13-20)24(27,28)29/h2-9,12-14H,10-11,15H2,1H3. The Labute approximate surface area is 216 Å². The summed E-state index contributed by atoms with van der Waals surface area (Å²) in [6.45, 7) is 0.459. The highest BCUT2D eigenvalue weighted by Gasteiger charge is 2.32. The van der Waals surface area contributed by atoms with Crippen LogP contribution >= 0.6 is 23.2 Å². The van der Waals surface area contributed by atoms with Gasteiger partial charge in [0.1, 0.15) is 10.6 Å². The van der Waals surface area contributed by atoms with Crippen LogP contribution in [0.5, 0.6) is 5.75 Å². The van der Waals surface area contributed by atoms with E-state index in [1.807, 2.05) is 0 Å². The number of nitrogens with zero attached hydrogens (tertiary/aromatic N) is 1. The molecule has 0 fully saturated rings. The van der Waals surface area contributed by atoms with Gasteiger partial charge in [-0.25, -0.2) is 0 Å². The molecule has 0 bridgehead atoms. The molecular formula is C24H20Cl2F3NO5S. The lowest BCUT2D eigenvalue weighted by Gasteiger charge is -2.23. The molecule has 36 heavy (non-hydrogen) atoms. The van der Waals surface area contributed by atoms with Gasteiger partial charge in [-0.05, 0) is 54.1 Å². The van der Waals surface area contributed by atoms with Gasteiger partial charge in [0.2, 0.25) is 0 Å². The molecule has 0 atom stereocenters. The Morgan fingerprint density at radius 1 is 1.00 bits per heavy atom. The zero-order valence-electron chi connectivity index (χ0n) is 18.8. The van der Waals surface area contributed by atoms with E-state index in [9.17, 15) is 26.4 Å². The summed E-state index contributed by atoms with van der Waals surface area (Å²) in [4.78, 5) is 13.9. The summed E-state index contributed by atoms with van der Waals surface area (Å²) in [5.74, 6) is -0.537. The monoisotopic (exact) mass is 561 g/mol. The summed E-state index contributed by atoms with van der Waals surface area (Å²) in [6, 6.07) is 13.6. The van der Waals surface area contributed by atoms with Gasteiger partial charge in [0, 0.05) is 25.2 Å². The Morgan fingerprint density at radius 2 is 1.72 bits per heavy atom. The average Bonchev–Trinajstić information content (AvgIpc) is 2.81. The molecule has 3 rings (SSSR count). The Morgan fingerprint density at radius 3 is 2.39 bits per heavy atom. The highest BCUT2D eigenvalue weighted by atomic mass is 35.5. The first-order chi connectivity index (χ1) is 16.9. The summed E-state index contributed by atoms with van der Waals surface area (Å²) in [5, 5.41) is 0.533. The quantitative estimate of drug-likeness (QED) is 0.296. The third-order valence-electron chi connectivity index (χ3n) is 4.94. The van der Waals surface area contributed by atoms with Crippen LogP contribution in [-0.4, -0.2) is 39.5 Å². The predicted molar refractivity (Wildman–Crippen MR) is 129 cm³/mol. The van der Waals surface area contributed by atoms with Crippen LogP contribution in [-0.2, 0) is 27.6 Å². The normalized spacial score (nSPS) is 11.8. The number of carbonyl (C=O) groups excluding carboxylic acids is 1. The Hall–Kier alpha value is -2.79. The van der Waals surface area contributed by atoms with Crippen molar-refractivity contribution in [2.24, 2.45) is 0 Å². The molecule has 0 aliphatic carbocycles. The third kappa shape index (κ3) is 7.13. The molecule has 1 amide bonds. The van der Waals surface area contributed by atoms with E-state index in [0.29, 0.717) is 16.7 Å². The van der Waals surface area contributed by atoms with Crippen molar-refractivity contribution in [1.29, 1.82) is 0 Å². The molecule has 12 heteroatoms. The molecule has 6 nitrogen and oxygen atoms in total. The molecule has 3 aromatic rings. The van der Waals surface area contributed by atoms with Crippen LogP contribution in [0.1, 0.15) is 21.5 Å². The average molecular weight is 562 g/mol. The number of carbonyl (C=O) groups is 1. The van der Waals surface area contributed by atoms with Gasteiger partial charge in [-0.1, -0.05) is 41.4 Å². The number of hydrogen-bond donors (Lipinski definition) is 0. The van der Waals surface area contributed by atoms with E-state index < -0.39 is 32.7 Å². The lowest BCUT2D eigenvalue weighted by Crippen LogP contribution is -2.33. The largest absolute Gasteiger partial charge is 0.416 e. The second-order valence-corrected chi connectivity index (χ2v) is 9.94. The molecule has 0 saturated carbocycles. The van der Waals surface area contributed by atoms with Crippen LogP contribution in [0.25, 0.3) is 0 Å². The lowest BCUT2D eigenvalue weighted by atomic mass is 10.1. The Balaban J connectivity index is 1.84. The Kier molecular flexibility index (Phi) is 8.89. The molecule has 0 saturated heterocycles. The SMILES string of the molecule is COCCN(Cc1cccc(OS(=O)(=O)c2cccc(C(F)(F)F)c2)c1)C(=O)c1ccc(Cl)cc1Cl. The third-order valence-corrected chi connectivity index (χ3v) is 6.73. The minimum Gasteiger partial charge on any atom is -0.383 e. The van der Waals surface area contributed by atoms with Crippen molar-refractivity contribution < 1.29 is 35.3 Å². The van der Waals surface area contributed by atoms with Crippen molar-refractivity contribution in [3.05, 3.63) is 93.5 Å². The van der Waals surface area contributed by atoms with Gasteiger partial charge in [-0.2, -0.15) is 21.6 Å².